The van der Waals surface area contributed by atoms with Crippen LogP contribution in [0.3, 0.4) is 0 Å². The normalized spacial score (nSPS) is 11.1. The number of hydrogen-bond donors (Lipinski definition) is 0. The van der Waals surface area contributed by atoms with Crippen molar-refractivity contribution >= 4 is 28.7 Å². The lowest BCUT2D eigenvalue weighted by molar-refractivity contribution is -0.384. The van der Waals surface area contributed by atoms with Gasteiger partial charge in [-0.2, -0.15) is 0 Å². The van der Waals surface area contributed by atoms with E-state index in [1.165, 1.54) is 36.4 Å². The van der Waals surface area contributed by atoms with E-state index in [2.05, 4.69) is 0 Å². The molecule has 0 bridgehead atoms. The Morgan fingerprint density at radius 3 is 2.75 bits per heavy atom. The van der Waals surface area contributed by atoms with Crippen molar-refractivity contribution in [3.8, 4) is 0 Å². The summed E-state index contributed by atoms with van der Waals surface area (Å²) in [7, 11) is 0. The Morgan fingerprint density at radius 1 is 1.21 bits per heavy atom. The predicted molar refractivity (Wildman–Crippen MR) is 104 cm³/mol. The van der Waals surface area contributed by atoms with Gasteiger partial charge in [-0.3, -0.25) is 10.1 Å². The van der Waals surface area contributed by atoms with Gasteiger partial charge in [-0.1, -0.05) is 24.3 Å². The Kier molecular flexibility index (Phi) is 5.35. The second kappa shape index (κ2) is 7.87. The Morgan fingerprint density at radius 2 is 2.00 bits per heavy atom. The molecule has 0 aliphatic rings. The summed E-state index contributed by atoms with van der Waals surface area (Å²) in [5, 5.41) is 11.5. The third kappa shape index (κ3) is 4.15. The lowest BCUT2D eigenvalue weighted by Gasteiger charge is -2.09. The monoisotopic (exact) mass is 379 g/mol. The third-order valence-electron chi connectivity index (χ3n) is 4.38. The molecule has 1 aromatic heterocycles. The van der Waals surface area contributed by atoms with Crippen LogP contribution in [0.25, 0.3) is 17.0 Å². The van der Waals surface area contributed by atoms with Crippen LogP contribution in [0.5, 0.6) is 0 Å². The molecule has 0 atom stereocenters. The molecule has 2 aromatic carbocycles. The number of non-ortho nitro benzene ring substituents is 1. The summed E-state index contributed by atoms with van der Waals surface area (Å²) in [6.45, 7) is 3.68. The van der Waals surface area contributed by atoms with Crippen LogP contribution < -0.4 is 5.63 Å². The number of hydrogen-bond acceptors (Lipinski definition) is 6. The topological polar surface area (TPSA) is 99.6 Å². The largest absolute Gasteiger partial charge is 0.458 e. The minimum atomic E-state index is -0.628. The fourth-order valence-corrected chi connectivity index (χ4v) is 2.75. The quantitative estimate of drug-likeness (QED) is 0.218. The van der Waals surface area contributed by atoms with Gasteiger partial charge in [-0.05, 0) is 36.6 Å². The number of nitrogens with zero attached hydrogens (tertiary/aromatic N) is 1. The fourth-order valence-electron chi connectivity index (χ4n) is 2.75. The third-order valence-corrected chi connectivity index (χ3v) is 4.38. The molecule has 3 rings (SSSR count). The lowest BCUT2D eigenvalue weighted by Crippen LogP contribution is -2.06. The summed E-state index contributed by atoms with van der Waals surface area (Å²) in [6.07, 6.45) is 2.61. The number of nitro benzene ring substituents is 1. The number of benzene rings is 2. The first-order valence-electron chi connectivity index (χ1n) is 8.47. The first-order chi connectivity index (χ1) is 13.3. The maximum atomic E-state index is 12.0. The Bertz CT molecular complexity index is 1160. The van der Waals surface area contributed by atoms with Gasteiger partial charge in [-0.15, -0.1) is 0 Å². The van der Waals surface area contributed by atoms with Gasteiger partial charge in [0.2, 0.25) is 0 Å². The molecule has 0 fully saturated rings. The summed E-state index contributed by atoms with van der Waals surface area (Å²) >= 11 is 0. The molecule has 0 N–H and O–H groups in total. The van der Waals surface area contributed by atoms with E-state index in [0.717, 1.165) is 11.1 Å². The van der Waals surface area contributed by atoms with Crippen molar-refractivity contribution in [1.82, 2.24) is 0 Å². The van der Waals surface area contributed by atoms with Crippen molar-refractivity contribution in [2.75, 3.05) is 0 Å². The number of nitro groups is 1. The molecule has 142 valence electrons. The van der Waals surface area contributed by atoms with Gasteiger partial charge >= 0.3 is 11.6 Å². The van der Waals surface area contributed by atoms with Crippen LogP contribution in [0.2, 0.25) is 0 Å². The predicted octanol–water partition coefficient (Wildman–Crippen LogP) is 4.07. The average Bonchev–Trinajstić information content (AvgIpc) is 2.68. The molecule has 0 radical (unpaired) electrons. The highest BCUT2D eigenvalue weighted by atomic mass is 16.6. The SMILES string of the molecule is Cc1ccc2c(COC(=O)/C=C/c3cccc([N+](=O)[O-])c3)cc(=O)oc2c1C. The highest BCUT2D eigenvalue weighted by Gasteiger charge is 2.11. The molecule has 28 heavy (non-hydrogen) atoms. The van der Waals surface area contributed by atoms with Crippen molar-refractivity contribution < 1.29 is 18.9 Å². The number of carbonyl (C=O) groups excluding carboxylic acids is 1. The first kappa shape index (κ1) is 19.0. The zero-order valence-corrected chi connectivity index (χ0v) is 15.3. The highest BCUT2D eigenvalue weighted by molar-refractivity contribution is 5.88. The van der Waals surface area contributed by atoms with Crippen LogP contribution >= 0.6 is 0 Å². The standard InChI is InChI=1S/C21H17NO6/c1-13-6-8-18-16(11-20(24)28-21(18)14(13)2)12-27-19(23)9-7-15-4-3-5-17(10-15)22(25)26/h3-11H,12H2,1-2H3/b9-7+. The molecule has 0 unspecified atom stereocenters. The summed E-state index contributed by atoms with van der Waals surface area (Å²) < 4.78 is 10.5. The maximum absolute atomic E-state index is 12.0. The molecule has 0 aliphatic carbocycles. The Labute approximate surface area is 160 Å². The molecule has 0 saturated carbocycles. The van der Waals surface area contributed by atoms with Crippen LogP contribution in [-0.4, -0.2) is 10.9 Å². The van der Waals surface area contributed by atoms with E-state index < -0.39 is 16.5 Å². The molecule has 3 aromatic rings. The van der Waals surface area contributed by atoms with Gasteiger partial charge in [-0.25, -0.2) is 9.59 Å². The number of rotatable bonds is 5. The molecule has 0 saturated heterocycles. The van der Waals surface area contributed by atoms with E-state index in [1.54, 1.807) is 6.07 Å². The molecule has 7 nitrogen and oxygen atoms in total. The van der Waals surface area contributed by atoms with Crippen molar-refractivity contribution in [3.05, 3.63) is 91.3 Å². The van der Waals surface area contributed by atoms with E-state index in [0.29, 0.717) is 22.1 Å². The number of fused-ring (bicyclic) bond motifs is 1. The molecule has 0 aliphatic heterocycles. The first-order valence-corrected chi connectivity index (χ1v) is 8.47. The van der Waals surface area contributed by atoms with Crippen molar-refractivity contribution in [2.45, 2.75) is 20.5 Å². The summed E-state index contributed by atoms with van der Waals surface area (Å²) in [5.41, 5.74) is 2.79. The minimum Gasteiger partial charge on any atom is -0.458 e. The summed E-state index contributed by atoms with van der Waals surface area (Å²) in [5.74, 6) is -0.628. The van der Waals surface area contributed by atoms with Crippen LogP contribution in [-0.2, 0) is 16.1 Å². The average molecular weight is 379 g/mol. The minimum absolute atomic E-state index is 0.0661. The Hall–Kier alpha value is -3.74. The van der Waals surface area contributed by atoms with Gasteiger partial charge in [0, 0.05) is 35.2 Å². The van der Waals surface area contributed by atoms with E-state index in [4.69, 9.17) is 9.15 Å². The van der Waals surface area contributed by atoms with E-state index in [9.17, 15) is 19.7 Å². The maximum Gasteiger partial charge on any atom is 0.336 e. The van der Waals surface area contributed by atoms with Crippen molar-refractivity contribution in [1.29, 1.82) is 0 Å². The van der Waals surface area contributed by atoms with E-state index >= 15 is 0 Å². The van der Waals surface area contributed by atoms with Gasteiger partial charge < -0.3 is 9.15 Å². The fraction of sp³-hybridized carbons (Fsp3) is 0.143. The number of aryl methyl sites for hydroxylation is 2. The van der Waals surface area contributed by atoms with E-state index in [-0.39, 0.29) is 12.3 Å². The number of ether oxygens (including phenoxy) is 1. The second-order valence-corrected chi connectivity index (χ2v) is 6.27. The van der Waals surface area contributed by atoms with Gasteiger partial charge in [0.1, 0.15) is 12.2 Å². The highest BCUT2D eigenvalue weighted by Crippen LogP contribution is 2.23. The van der Waals surface area contributed by atoms with E-state index in [1.807, 2.05) is 26.0 Å². The zero-order chi connectivity index (χ0) is 20.3. The van der Waals surface area contributed by atoms with Gasteiger partial charge in [0.05, 0.1) is 4.92 Å². The molecule has 1 heterocycles. The Balaban J connectivity index is 1.76. The summed E-state index contributed by atoms with van der Waals surface area (Å²) in [6, 6.07) is 10.9. The van der Waals surface area contributed by atoms with Crippen molar-refractivity contribution in [2.24, 2.45) is 0 Å². The van der Waals surface area contributed by atoms with Gasteiger partial charge in [0.25, 0.3) is 5.69 Å². The zero-order valence-electron chi connectivity index (χ0n) is 15.3. The van der Waals surface area contributed by atoms with Crippen LogP contribution in [0, 0.1) is 24.0 Å². The molecule has 0 amide bonds. The van der Waals surface area contributed by atoms with Crippen molar-refractivity contribution in [3.63, 3.8) is 0 Å². The molecule has 0 spiro atoms. The second-order valence-electron chi connectivity index (χ2n) is 6.27. The molecular weight excluding hydrogens is 362 g/mol. The smallest absolute Gasteiger partial charge is 0.336 e. The molecular formula is C21H17NO6. The number of carbonyl (C=O) groups is 1. The molecule has 7 heteroatoms. The lowest BCUT2D eigenvalue weighted by atomic mass is 10.0. The summed E-state index contributed by atoms with van der Waals surface area (Å²) in [4.78, 5) is 34.1. The van der Waals surface area contributed by atoms with Crippen LogP contribution in [0.15, 0.2) is 57.8 Å². The number of esters is 1. The van der Waals surface area contributed by atoms with Crippen LogP contribution in [0.1, 0.15) is 22.3 Å². The van der Waals surface area contributed by atoms with Crippen LogP contribution in [0.4, 0.5) is 5.69 Å². The van der Waals surface area contributed by atoms with Gasteiger partial charge in [0.15, 0.2) is 0 Å².